The van der Waals surface area contributed by atoms with Gasteiger partial charge in [-0.05, 0) is 35.0 Å². The first-order valence-corrected chi connectivity index (χ1v) is 10.3. The van der Waals surface area contributed by atoms with Crippen LogP contribution in [0.2, 0.25) is 0 Å². The first-order valence-electron chi connectivity index (χ1n) is 9.47. The van der Waals surface area contributed by atoms with E-state index in [4.69, 9.17) is 4.74 Å². The van der Waals surface area contributed by atoms with Crippen LogP contribution in [0.4, 0.5) is 5.69 Å². The van der Waals surface area contributed by atoms with E-state index in [2.05, 4.69) is 33.8 Å². The lowest BCUT2D eigenvalue weighted by molar-refractivity contribution is -0.134. The molecule has 1 unspecified atom stereocenters. The molecule has 0 bridgehead atoms. The maximum Gasteiger partial charge on any atom is 0.275 e. The lowest BCUT2D eigenvalue weighted by atomic mass is 10.1. The lowest BCUT2D eigenvalue weighted by Gasteiger charge is -2.27. The minimum atomic E-state index is -0.277. The molecule has 1 atom stereocenters. The average molecular weight is 415 g/mol. The van der Waals surface area contributed by atoms with E-state index < -0.39 is 0 Å². The molecule has 4 aromatic rings. The Labute approximate surface area is 176 Å². The Morgan fingerprint density at radius 2 is 1.83 bits per heavy atom. The zero-order valence-electron chi connectivity index (χ0n) is 15.8. The van der Waals surface area contributed by atoms with E-state index in [-0.39, 0.29) is 18.0 Å². The van der Waals surface area contributed by atoms with Crippen molar-refractivity contribution in [1.29, 1.82) is 0 Å². The lowest BCUT2D eigenvalue weighted by Crippen LogP contribution is -2.51. The highest BCUT2D eigenvalue weighted by Gasteiger charge is 2.26. The second-order valence-electron chi connectivity index (χ2n) is 6.92. The minimum absolute atomic E-state index is 0.0185. The fourth-order valence-electron chi connectivity index (χ4n) is 3.29. The van der Waals surface area contributed by atoms with Crippen LogP contribution in [0.25, 0.3) is 21.3 Å². The number of benzene rings is 3. The third kappa shape index (κ3) is 3.62. The van der Waals surface area contributed by atoms with Gasteiger partial charge in [-0.3, -0.25) is 9.59 Å². The molecule has 30 heavy (non-hydrogen) atoms. The largest absolute Gasteiger partial charge is 0.470 e. The number of amides is 2. The van der Waals surface area contributed by atoms with Gasteiger partial charge >= 0.3 is 0 Å². The van der Waals surface area contributed by atoms with Gasteiger partial charge in [-0.15, -0.1) is 11.3 Å². The smallest absolute Gasteiger partial charge is 0.275 e. The third-order valence-electron chi connectivity index (χ3n) is 4.84. The van der Waals surface area contributed by atoms with Gasteiger partial charge in [0.15, 0.2) is 6.23 Å². The van der Waals surface area contributed by atoms with E-state index in [0.717, 1.165) is 21.3 Å². The van der Waals surface area contributed by atoms with Crippen molar-refractivity contribution in [2.75, 3.05) is 5.32 Å². The van der Waals surface area contributed by atoms with Gasteiger partial charge in [0, 0.05) is 16.6 Å². The maximum atomic E-state index is 12.6. The summed E-state index contributed by atoms with van der Waals surface area (Å²) in [4.78, 5) is 28.1. The number of β-lactam (4-membered cyclic amide) rings is 1. The van der Waals surface area contributed by atoms with Gasteiger partial charge in [0.05, 0.1) is 6.42 Å². The van der Waals surface area contributed by atoms with Crippen LogP contribution in [0.15, 0.2) is 72.1 Å². The fourth-order valence-corrected chi connectivity index (χ4v) is 4.13. The first kappa shape index (κ1) is 18.3. The van der Waals surface area contributed by atoms with Crippen molar-refractivity contribution in [3.05, 3.63) is 77.8 Å². The predicted molar refractivity (Wildman–Crippen MR) is 117 cm³/mol. The van der Waals surface area contributed by atoms with Crippen molar-refractivity contribution < 1.29 is 14.3 Å². The van der Waals surface area contributed by atoms with Gasteiger partial charge in [-0.1, -0.05) is 42.5 Å². The van der Waals surface area contributed by atoms with Gasteiger partial charge in [-0.25, -0.2) is 4.98 Å². The number of hydrogen-bond donors (Lipinski definition) is 2. The van der Waals surface area contributed by atoms with Crippen molar-refractivity contribution in [2.24, 2.45) is 0 Å². The summed E-state index contributed by atoms with van der Waals surface area (Å²) in [5.74, 6) is 0.345. The zero-order chi connectivity index (χ0) is 20.5. The Kier molecular flexibility index (Phi) is 4.65. The van der Waals surface area contributed by atoms with Crippen molar-refractivity contribution in [1.82, 2.24) is 10.3 Å². The Morgan fingerprint density at radius 3 is 2.63 bits per heavy atom. The molecule has 0 saturated carbocycles. The Balaban J connectivity index is 1.29. The number of hydrogen-bond acceptors (Lipinski definition) is 5. The predicted octanol–water partition coefficient (Wildman–Crippen LogP) is 4.44. The molecule has 5 rings (SSSR count). The Hall–Kier alpha value is -3.71. The van der Waals surface area contributed by atoms with Gasteiger partial charge in [0.2, 0.25) is 5.91 Å². The summed E-state index contributed by atoms with van der Waals surface area (Å²) < 4.78 is 5.60. The van der Waals surface area contributed by atoms with Crippen LogP contribution >= 0.6 is 11.3 Å². The molecule has 1 fully saturated rings. The van der Waals surface area contributed by atoms with E-state index in [1.54, 1.807) is 29.6 Å². The van der Waals surface area contributed by atoms with Gasteiger partial charge in [0.25, 0.3) is 5.91 Å². The normalized spacial score (nSPS) is 15.3. The standard InChI is InChI=1S/C23H17N3O3S/c27-20-12-21(26-20)29-16-10-8-15(9-11-16)24-22(28)19-13-30-23(25-19)18-7-3-5-14-4-1-2-6-17(14)18/h1-11,13,21H,12H2,(H,24,28)(H,26,27). The van der Waals surface area contributed by atoms with E-state index in [1.165, 1.54) is 11.3 Å². The number of fused-ring (bicyclic) bond motifs is 1. The topological polar surface area (TPSA) is 80.3 Å². The van der Waals surface area contributed by atoms with E-state index in [0.29, 0.717) is 23.6 Å². The molecule has 0 radical (unpaired) electrons. The summed E-state index contributed by atoms with van der Waals surface area (Å²) in [5, 5.41) is 10.3. The number of ether oxygens (including phenoxy) is 1. The molecule has 1 aromatic heterocycles. The summed E-state index contributed by atoms with van der Waals surface area (Å²) in [7, 11) is 0. The molecule has 2 N–H and O–H groups in total. The van der Waals surface area contributed by atoms with E-state index in [9.17, 15) is 9.59 Å². The Morgan fingerprint density at radius 1 is 1.07 bits per heavy atom. The molecule has 148 valence electrons. The number of rotatable bonds is 5. The van der Waals surface area contributed by atoms with Crippen molar-refractivity contribution in [3.63, 3.8) is 0 Å². The maximum absolute atomic E-state index is 12.6. The van der Waals surface area contributed by atoms with Crippen molar-refractivity contribution in [3.8, 4) is 16.3 Å². The molecule has 3 aromatic carbocycles. The van der Waals surface area contributed by atoms with E-state index >= 15 is 0 Å². The van der Waals surface area contributed by atoms with Crippen LogP contribution in [0, 0.1) is 0 Å². The van der Waals surface area contributed by atoms with Crippen LogP contribution in [0.5, 0.6) is 5.75 Å². The highest BCUT2D eigenvalue weighted by molar-refractivity contribution is 7.13. The second kappa shape index (κ2) is 7.61. The number of nitrogens with one attached hydrogen (secondary N) is 2. The van der Waals surface area contributed by atoms with Gasteiger partial charge < -0.3 is 15.4 Å². The van der Waals surface area contributed by atoms with E-state index in [1.807, 2.05) is 24.3 Å². The third-order valence-corrected chi connectivity index (χ3v) is 5.72. The number of anilines is 1. The average Bonchev–Trinajstić information content (AvgIpc) is 3.24. The molecule has 1 aliphatic heterocycles. The quantitative estimate of drug-likeness (QED) is 0.472. The van der Waals surface area contributed by atoms with Crippen LogP contribution in [0.3, 0.4) is 0 Å². The Bertz CT molecular complexity index is 1240. The summed E-state index contributed by atoms with van der Waals surface area (Å²) >= 11 is 1.45. The minimum Gasteiger partial charge on any atom is -0.470 e. The van der Waals surface area contributed by atoms with Crippen LogP contribution in [0.1, 0.15) is 16.9 Å². The SMILES string of the molecule is O=C1CC(Oc2ccc(NC(=O)c3csc(-c4cccc5ccccc45)n3)cc2)N1. The highest BCUT2D eigenvalue weighted by atomic mass is 32.1. The molecule has 7 heteroatoms. The molecule has 6 nitrogen and oxygen atoms in total. The number of nitrogens with zero attached hydrogens (tertiary/aromatic N) is 1. The molecule has 1 saturated heterocycles. The monoisotopic (exact) mass is 415 g/mol. The number of carbonyl (C=O) groups excluding carboxylic acids is 2. The van der Waals surface area contributed by atoms with Crippen molar-refractivity contribution in [2.45, 2.75) is 12.6 Å². The number of carbonyl (C=O) groups is 2. The molecule has 2 heterocycles. The molecular weight excluding hydrogens is 398 g/mol. The fraction of sp³-hybridized carbons (Fsp3) is 0.0870. The molecule has 0 aliphatic carbocycles. The second-order valence-corrected chi connectivity index (χ2v) is 7.78. The molecule has 2 amide bonds. The van der Waals surface area contributed by atoms with Crippen molar-refractivity contribution >= 4 is 39.6 Å². The van der Waals surface area contributed by atoms with Gasteiger partial charge in [0.1, 0.15) is 16.5 Å². The number of aromatic nitrogens is 1. The highest BCUT2D eigenvalue weighted by Crippen LogP contribution is 2.31. The van der Waals surface area contributed by atoms with Crippen LogP contribution in [-0.4, -0.2) is 23.0 Å². The molecule has 1 aliphatic rings. The number of thiazole rings is 1. The first-order chi connectivity index (χ1) is 14.7. The zero-order valence-corrected chi connectivity index (χ0v) is 16.6. The van der Waals surface area contributed by atoms with Crippen LogP contribution < -0.4 is 15.4 Å². The summed E-state index contributed by atoms with van der Waals surface area (Å²) in [6, 6.07) is 21.2. The summed E-state index contributed by atoms with van der Waals surface area (Å²) in [6.45, 7) is 0. The summed E-state index contributed by atoms with van der Waals surface area (Å²) in [6.07, 6.45) is 0.0851. The summed E-state index contributed by atoms with van der Waals surface area (Å²) in [5.41, 5.74) is 2.03. The van der Waals surface area contributed by atoms with Crippen LogP contribution in [-0.2, 0) is 4.79 Å². The molecule has 0 spiro atoms. The van der Waals surface area contributed by atoms with Gasteiger partial charge in [-0.2, -0.15) is 0 Å². The molecular formula is C23H17N3O3S.